The van der Waals surface area contributed by atoms with Crippen LogP contribution in [0.3, 0.4) is 0 Å². The number of hydrogen-bond acceptors (Lipinski definition) is 14. The van der Waals surface area contributed by atoms with Crippen LogP contribution in [0.5, 0.6) is 0 Å². The number of nitrogens with one attached hydrogen (secondary N) is 1. The van der Waals surface area contributed by atoms with Gasteiger partial charge in [0.1, 0.15) is 0 Å². The number of carbonyl (C=O) groups is 1. The van der Waals surface area contributed by atoms with Crippen molar-refractivity contribution in [1.29, 1.82) is 0 Å². The lowest BCUT2D eigenvalue weighted by Crippen LogP contribution is -2.49. The maximum atomic E-state index is 11.3. The van der Waals surface area contributed by atoms with Crippen LogP contribution < -0.4 is 5.32 Å². The Morgan fingerprint density at radius 2 is 1.00 bits per heavy atom. The van der Waals surface area contributed by atoms with Crippen molar-refractivity contribution in [2.24, 2.45) is 46.3 Å². The minimum Gasteiger partial charge on any atom is -0.379 e. The van der Waals surface area contributed by atoms with E-state index in [0.29, 0.717) is 175 Å². The molecule has 2 fully saturated rings. The van der Waals surface area contributed by atoms with Crippen LogP contribution >= 0.6 is 11.8 Å². The number of amides is 1. The van der Waals surface area contributed by atoms with Gasteiger partial charge in [-0.1, -0.05) is 65.5 Å². The van der Waals surface area contributed by atoms with E-state index in [1.54, 1.807) is 5.57 Å². The summed E-state index contributed by atoms with van der Waals surface area (Å²) in [6.07, 6.45) is 18.1. The summed E-state index contributed by atoms with van der Waals surface area (Å²) in [5.41, 5.74) is 2.47. The molecule has 1 amide bonds. The van der Waals surface area contributed by atoms with Gasteiger partial charge >= 0.3 is 0 Å². The minimum atomic E-state index is 0.0261. The van der Waals surface area contributed by atoms with Gasteiger partial charge in [0.15, 0.2) is 0 Å². The van der Waals surface area contributed by atoms with Crippen molar-refractivity contribution in [1.82, 2.24) is 5.32 Å². The fourth-order valence-electron chi connectivity index (χ4n) is 11.2. The zero-order chi connectivity index (χ0) is 49.7. The Bertz CT molecular complexity index is 1280. The number of allylic oxidation sites excluding steroid dienone is 2. The Labute approximate surface area is 424 Å². The number of thioether (sulfide) groups is 1. The average Bonchev–Trinajstić information content (AvgIpc) is 3.69. The highest BCUT2D eigenvalue weighted by Gasteiger charge is 2.58. The molecule has 3 aliphatic rings. The Morgan fingerprint density at radius 1 is 0.580 bits per heavy atom. The molecule has 1 N–H and O–H groups in total. The van der Waals surface area contributed by atoms with Gasteiger partial charge in [-0.3, -0.25) is 4.79 Å². The molecule has 0 heterocycles. The second-order valence-corrected chi connectivity index (χ2v) is 21.0. The molecule has 2 saturated carbocycles. The molecule has 0 spiro atoms. The Morgan fingerprint density at radius 3 is 1.42 bits per heavy atom. The third-order valence-electron chi connectivity index (χ3n) is 15.0. The van der Waals surface area contributed by atoms with Gasteiger partial charge in [0.25, 0.3) is 0 Å². The Kier molecular flexibility index (Phi) is 35.7. The highest BCUT2D eigenvalue weighted by Crippen LogP contribution is 2.66. The smallest absolute Gasteiger partial charge is 0.230 e. The fourth-order valence-corrected chi connectivity index (χ4v) is 11.5. The van der Waals surface area contributed by atoms with E-state index >= 15 is 0 Å². The number of carbonyl (C=O) groups excluding carboxylic acids is 1. The van der Waals surface area contributed by atoms with Gasteiger partial charge in [-0.15, -0.1) is 0 Å². The zero-order valence-electron chi connectivity index (χ0n) is 44.7. The largest absolute Gasteiger partial charge is 0.379 e. The maximum Gasteiger partial charge on any atom is 0.230 e. The van der Waals surface area contributed by atoms with Crippen LogP contribution in [0.25, 0.3) is 0 Å². The molecule has 7 atom stereocenters. The van der Waals surface area contributed by atoms with Crippen molar-refractivity contribution < 1.29 is 61.6 Å². The van der Waals surface area contributed by atoms with E-state index in [0.717, 1.165) is 48.5 Å². The van der Waals surface area contributed by atoms with Crippen molar-refractivity contribution >= 4 is 17.7 Å². The van der Waals surface area contributed by atoms with Gasteiger partial charge in [-0.05, 0) is 104 Å². The monoisotopic (exact) mass is 1000 g/mol. The normalized spacial score (nSPS) is 23.9. The number of fused-ring (bicyclic) bond motifs is 3. The molecule has 14 nitrogen and oxygen atoms in total. The Balaban J connectivity index is 0.990. The minimum absolute atomic E-state index is 0.0261. The van der Waals surface area contributed by atoms with Crippen LogP contribution in [-0.4, -0.2) is 183 Å². The third-order valence-corrected chi connectivity index (χ3v) is 15.5. The van der Waals surface area contributed by atoms with Crippen LogP contribution in [0.4, 0.5) is 0 Å². The lowest BCUT2D eigenvalue weighted by molar-refractivity contribution is -0.118. The molecule has 3 rings (SSSR count). The summed E-state index contributed by atoms with van der Waals surface area (Å²) in [6, 6.07) is 0. The molecule has 0 aromatic heterocycles. The maximum absolute atomic E-state index is 11.3. The first-order chi connectivity index (χ1) is 33.6. The van der Waals surface area contributed by atoms with Crippen molar-refractivity contribution in [3.8, 4) is 0 Å². The van der Waals surface area contributed by atoms with Crippen molar-refractivity contribution in [3.05, 3.63) is 11.6 Å². The number of ether oxygens (including phenoxy) is 12. The first-order valence-corrected chi connectivity index (χ1v) is 28.4. The van der Waals surface area contributed by atoms with E-state index in [1.165, 1.54) is 69.5 Å². The van der Waals surface area contributed by atoms with Gasteiger partial charge in [0, 0.05) is 13.2 Å². The molecule has 0 aromatic carbocycles. The van der Waals surface area contributed by atoms with Gasteiger partial charge in [0.2, 0.25) is 5.91 Å². The first-order valence-electron chi connectivity index (χ1n) is 27.0. The third kappa shape index (κ3) is 26.2. The predicted molar refractivity (Wildman–Crippen MR) is 275 cm³/mol. The van der Waals surface area contributed by atoms with E-state index in [4.69, 9.17) is 56.8 Å². The lowest BCUT2D eigenvalue weighted by atomic mass is 9.48. The summed E-state index contributed by atoms with van der Waals surface area (Å²) in [6.45, 7) is 28.2. The molecule has 0 aliphatic heterocycles. The van der Waals surface area contributed by atoms with Crippen LogP contribution in [0.2, 0.25) is 0 Å². The second-order valence-electron chi connectivity index (χ2n) is 20.2. The van der Waals surface area contributed by atoms with Crippen molar-refractivity contribution in [2.45, 2.75) is 106 Å². The molecule has 15 heteroatoms. The van der Waals surface area contributed by atoms with E-state index < -0.39 is 0 Å². The second kappa shape index (κ2) is 39.5. The molecule has 7 unspecified atom stereocenters. The van der Waals surface area contributed by atoms with Crippen molar-refractivity contribution in [2.75, 3.05) is 177 Å². The SMILES string of the molecule is CSCC(=O)NCCOCCOCCOCCOCCOCCOCCOCCOCCOCCOCCOCCOCCCC1(C)C(C)=CCC2C1CCC1(C)C(C(C)CCCC(C)C)CCC21. The zero-order valence-corrected chi connectivity index (χ0v) is 45.5. The molecule has 0 saturated heterocycles. The molecule has 69 heavy (non-hydrogen) atoms. The van der Waals surface area contributed by atoms with E-state index in [2.05, 4.69) is 52.9 Å². The first kappa shape index (κ1) is 62.4. The summed E-state index contributed by atoms with van der Waals surface area (Å²) in [5.74, 6) is 5.66. The Hall–Kier alpha value is -0.920. The van der Waals surface area contributed by atoms with Gasteiger partial charge < -0.3 is 62.2 Å². The van der Waals surface area contributed by atoms with E-state index in [9.17, 15) is 4.79 Å². The van der Waals surface area contributed by atoms with Crippen LogP contribution in [0.1, 0.15) is 106 Å². The molecule has 0 radical (unpaired) electrons. The summed E-state index contributed by atoms with van der Waals surface area (Å²) < 4.78 is 67.1. The molecule has 0 bridgehead atoms. The van der Waals surface area contributed by atoms with Gasteiger partial charge in [-0.25, -0.2) is 0 Å². The highest BCUT2D eigenvalue weighted by molar-refractivity contribution is 7.99. The number of rotatable bonds is 47. The van der Waals surface area contributed by atoms with Crippen LogP contribution in [0, 0.1) is 46.3 Å². The van der Waals surface area contributed by atoms with Crippen LogP contribution in [0.15, 0.2) is 11.6 Å². The average molecular weight is 1000 g/mol. The summed E-state index contributed by atoms with van der Waals surface area (Å²) >= 11 is 1.50. The summed E-state index contributed by atoms with van der Waals surface area (Å²) in [7, 11) is 0. The van der Waals surface area contributed by atoms with Crippen molar-refractivity contribution in [3.63, 3.8) is 0 Å². The van der Waals surface area contributed by atoms with E-state index in [1.807, 2.05) is 6.26 Å². The predicted octanol–water partition coefficient (Wildman–Crippen LogP) is 8.32. The molecular formula is C54H101NO13S. The van der Waals surface area contributed by atoms with Crippen LogP contribution in [-0.2, 0) is 61.6 Å². The standard InChI is InChI=1S/C54H101NO13S/c1-45(2)10-8-11-46(3)49-14-15-50-48-13-12-47(4)53(5,51(48)16-18-54(49,50)6)17-9-20-57-22-24-59-26-28-61-30-32-63-34-36-65-38-40-67-42-43-68-41-39-66-37-35-64-33-31-62-29-27-60-25-23-58-21-19-55-52(56)44-69-7/h12,45-46,48-51H,8-11,13-44H2,1-7H3,(H,55,56). The highest BCUT2D eigenvalue weighted by atomic mass is 32.2. The molecule has 406 valence electrons. The molecule has 3 aliphatic carbocycles. The summed E-state index contributed by atoms with van der Waals surface area (Å²) in [5, 5.41) is 2.79. The van der Waals surface area contributed by atoms with Gasteiger partial charge in [0.05, 0.1) is 158 Å². The lowest BCUT2D eigenvalue weighted by Gasteiger charge is -2.57. The molecular weight excluding hydrogens is 903 g/mol. The van der Waals surface area contributed by atoms with E-state index in [-0.39, 0.29) is 5.91 Å². The molecule has 0 aromatic rings. The summed E-state index contributed by atoms with van der Waals surface area (Å²) in [4.78, 5) is 11.3. The van der Waals surface area contributed by atoms with Gasteiger partial charge in [-0.2, -0.15) is 11.8 Å². The topological polar surface area (TPSA) is 140 Å². The number of hydrogen-bond donors (Lipinski definition) is 1. The fraction of sp³-hybridized carbons (Fsp3) is 0.944. The quantitative estimate of drug-likeness (QED) is 0.0462.